The first-order valence-corrected chi connectivity index (χ1v) is 8.35. The number of halogens is 1. The van der Waals surface area contributed by atoms with Crippen molar-refractivity contribution >= 4 is 27.3 Å². The molecule has 0 spiro atoms. The molecule has 0 saturated carbocycles. The minimum Gasteiger partial charge on any atom is -0.378 e. The largest absolute Gasteiger partial charge is 0.378 e. The van der Waals surface area contributed by atoms with Gasteiger partial charge in [-0.3, -0.25) is 10.1 Å². The maximum atomic E-state index is 11.0. The number of benzene rings is 2. The Morgan fingerprint density at radius 1 is 1.26 bits per heavy atom. The predicted octanol–water partition coefficient (Wildman–Crippen LogP) is 4.60. The molecule has 0 amide bonds. The van der Waals surface area contributed by atoms with Crippen molar-refractivity contribution in [2.75, 3.05) is 11.9 Å². The van der Waals surface area contributed by atoms with E-state index in [4.69, 9.17) is 4.74 Å². The van der Waals surface area contributed by atoms with Crippen LogP contribution in [0.25, 0.3) is 0 Å². The van der Waals surface area contributed by atoms with Gasteiger partial charge in [-0.2, -0.15) is 0 Å². The highest BCUT2D eigenvalue weighted by Crippen LogP contribution is 2.50. The summed E-state index contributed by atoms with van der Waals surface area (Å²) in [5, 5.41) is 14.6. The summed E-state index contributed by atoms with van der Waals surface area (Å²) in [5.74, 6) is 0.277. The van der Waals surface area contributed by atoms with Crippen LogP contribution in [0.4, 0.5) is 11.4 Å². The lowest BCUT2D eigenvalue weighted by atomic mass is 9.81. The Labute approximate surface area is 141 Å². The standard InChI is InChI=1S/C17H15BrN2O3/c18-11-3-1-2-10(8-11)16-13-6-7-23-17(13)14-9-12(20(21)22)4-5-15(14)19-16/h1-5,8-9,13,16-17,19H,6-7H2/t13-,16+,17-/m1/s1. The van der Waals surface area contributed by atoms with Gasteiger partial charge >= 0.3 is 0 Å². The summed E-state index contributed by atoms with van der Waals surface area (Å²) < 4.78 is 6.97. The van der Waals surface area contributed by atoms with Crippen molar-refractivity contribution in [2.24, 2.45) is 5.92 Å². The van der Waals surface area contributed by atoms with E-state index in [2.05, 4.69) is 33.4 Å². The molecule has 0 aliphatic carbocycles. The highest BCUT2D eigenvalue weighted by molar-refractivity contribution is 9.10. The molecule has 0 unspecified atom stereocenters. The molecule has 3 atom stereocenters. The molecule has 1 N–H and O–H groups in total. The molecule has 0 radical (unpaired) electrons. The fourth-order valence-electron chi connectivity index (χ4n) is 3.60. The van der Waals surface area contributed by atoms with Crippen molar-refractivity contribution in [3.63, 3.8) is 0 Å². The normalized spacial score (nSPS) is 25.3. The summed E-state index contributed by atoms with van der Waals surface area (Å²) in [5.41, 5.74) is 3.13. The molecule has 118 valence electrons. The van der Waals surface area contributed by atoms with Crippen LogP contribution in [0.1, 0.15) is 29.7 Å². The lowest BCUT2D eigenvalue weighted by Gasteiger charge is -2.36. The lowest BCUT2D eigenvalue weighted by Crippen LogP contribution is -2.29. The Morgan fingerprint density at radius 2 is 2.13 bits per heavy atom. The van der Waals surface area contributed by atoms with Gasteiger partial charge < -0.3 is 10.1 Å². The quantitative estimate of drug-likeness (QED) is 0.616. The first kappa shape index (κ1) is 14.7. The number of rotatable bonds is 2. The summed E-state index contributed by atoms with van der Waals surface area (Å²) in [7, 11) is 0. The van der Waals surface area contributed by atoms with Crippen LogP contribution in [0, 0.1) is 16.0 Å². The van der Waals surface area contributed by atoms with Gasteiger partial charge in [-0.1, -0.05) is 28.1 Å². The summed E-state index contributed by atoms with van der Waals surface area (Å²) >= 11 is 3.52. The first-order chi connectivity index (χ1) is 11.1. The maximum Gasteiger partial charge on any atom is 0.269 e. The van der Waals surface area contributed by atoms with Gasteiger partial charge in [0.1, 0.15) is 0 Å². The van der Waals surface area contributed by atoms with Crippen molar-refractivity contribution in [1.29, 1.82) is 0 Å². The summed E-state index contributed by atoms with van der Waals surface area (Å²) in [6.07, 6.45) is 0.854. The number of ether oxygens (including phenoxy) is 1. The molecule has 6 heteroatoms. The van der Waals surface area contributed by atoms with Gasteiger partial charge in [0, 0.05) is 40.4 Å². The molecule has 0 bridgehead atoms. The van der Waals surface area contributed by atoms with E-state index in [-0.39, 0.29) is 28.7 Å². The molecule has 5 nitrogen and oxygen atoms in total. The highest BCUT2D eigenvalue weighted by atomic mass is 79.9. The van der Waals surface area contributed by atoms with Gasteiger partial charge in [-0.15, -0.1) is 0 Å². The van der Waals surface area contributed by atoms with Crippen molar-refractivity contribution in [3.8, 4) is 0 Å². The van der Waals surface area contributed by atoms with E-state index in [0.29, 0.717) is 6.61 Å². The topological polar surface area (TPSA) is 64.4 Å². The van der Waals surface area contributed by atoms with Gasteiger partial charge in [0.25, 0.3) is 5.69 Å². The number of nitrogens with one attached hydrogen (secondary N) is 1. The minimum absolute atomic E-state index is 0.0878. The van der Waals surface area contributed by atoms with Gasteiger partial charge in [-0.25, -0.2) is 0 Å². The second-order valence-electron chi connectivity index (χ2n) is 5.95. The van der Waals surface area contributed by atoms with Crippen LogP contribution < -0.4 is 5.32 Å². The van der Waals surface area contributed by atoms with Crippen LogP contribution in [0.15, 0.2) is 46.9 Å². The van der Waals surface area contributed by atoms with Gasteiger partial charge in [0.2, 0.25) is 0 Å². The van der Waals surface area contributed by atoms with E-state index in [0.717, 1.165) is 22.1 Å². The number of nitro groups is 1. The average Bonchev–Trinajstić information content (AvgIpc) is 3.03. The Kier molecular flexibility index (Phi) is 3.58. The van der Waals surface area contributed by atoms with E-state index in [9.17, 15) is 10.1 Å². The highest BCUT2D eigenvalue weighted by Gasteiger charge is 2.42. The predicted molar refractivity (Wildman–Crippen MR) is 90.4 cm³/mol. The molecule has 2 aliphatic heterocycles. The molecule has 2 aliphatic rings. The van der Waals surface area contributed by atoms with Crippen LogP contribution in [0.5, 0.6) is 0 Å². The molecule has 2 aromatic rings. The fraction of sp³-hybridized carbons (Fsp3) is 0.294. The lowest BCUT2D eigenvalue weighted by molar-refractivity contribution is -0.385. The molecule has 4 rings (SSSR count). The van der Waals surface area contributed by atoms with E-state index < -0.39 is 0 Å². The molecule has 1 saturated heterocycles. The Balaban J connectivity index is 1.77. The van der Waals surface area contributed by atoms with Gasteiger partial charge in [0.15, 0.2) is 0 Å². The van der Waals surface area contributed by atoms with Crippen LogP contribution in [0.2, 0.25) is 0 Å². The van der Waals surface area contributed by atoms with Crippen molar-refractivity contribution < 1.29 is 9.66 Å². The zero-order valence-electron chi connectivity index (χ0n) is 12.2. The fourth-order valence-corrected chi connectivity index (χ4v) is 4.02. The second kappa shape index (κ2) is 5.62. The number of hydrogen-bond acceptors (Lipinski definition) is 4. The zero-order valence-corrected chi connectivity index (χ0v) is 13.8. The van der Waals surface area contributed by atoms with Gasteiger partial charge in [-0.05, 0) is 30.2 Å². The Hall–Kier alpha value is -1.92. The van der Waals surface area contributed by atoms with E-state index in [1.165, 1.54) is 5.56 Å². The third kappa shape index (κ3) is 2.52. The van der Waals surface area contributed by atoms with Crippen LogP contribution in [0.3, 0.4) is 0 Å². The SMILES string of the molecule is O=[N+]([O-])c1ccc2c(c1)[C@@H]1OCC[C@@H]1[C@H](c1cccc(Br)c1)N2. The third-order valence-electron chi connectivity index (χ3n) is 4.64. The smallest absolute Gasteiger partial charge is 0.269 e. The van der Waals surface area contributed by atoms with Crippen molar-refractivity contribution in [2.45, 2.75) is 18.6 Å². The molecule has 23 heavy (non-hydrogen) atoms. The average molecular weight is 375 g/mol. The molecule has 0 aromatic heterocycles. The van der Waals surface area contributed by atoms with Crippen LogP contribution in [-0.4, -0.2) is 11.5 Å². The zero-order chi connectivity index (χ0) is 16.0. The number of nitro benzene ring substituents is 1. The van der Waals surface area contributed by atoms with Gasteiger partial charge in [0.05, 0.1) is 17.1 Å². The Bertz CT molecular complexity index is 780. The third-order valence-corrected chi connectivity index (χ3v) is 5.13. The van der Waals surface area contributed by atoms with Crippen molar-refractivity contribution in [3.05, 3.63) is 68.2 Å². The molecular formula is C17H15BrN2O3. The van der Waals surface area contributed by atoms with Crippen LogP contribution >= 0.6 is 15.9 Å². The summed E-state index contributed by atoms with van der Waals surface area (Å²) in [6, 6.07) is 13.4. The van der Waals surface area contributed by atoms with Crippen molar-refractivity contribution in [1.82, 2.24) is 0 Å². The number of non-ortho nitro benzene ring substituents is 1. The Morgan fingerprint density at radius 3 is 2.91 bits per heavy atom. The summed E-state index contributed by atoms with van der Waals surface area (Å²) in [6.45, 7) is 0.684. The first-order valence-electron chi connectivity index (χ1n) is 7.55. The number of nitrogens with zero attached hydrogens (tertiary/aromatic N) is 1. The van der Waals surface area contributed by atoms with E-state index >= 15 is 0 Å². The van der Waals surface area contributed by atoms with E-state index in [1.54, 1.807) is 18.2 Å². The number of fused-ring (bicyclic) bond motifs is 3. The molecule has 2 heterocycles. The monoisotopic (exact) mass is 374 g/mol. The maximum absolute atomic E-state index is 11.0. The molecule has 2 aromatic carbocycles. The summed E-state index contributed by atoms with van der Waals surface area (Å²) in [4.78, 5) is 10.7. The van der Waals surface area contributed by atoms with E-state index in [1.807, 2.05) is 12.1 Å². The van der Waals surface area contributed by atoms with Crippen LogP contribution in [-0.2, 0) is 4.74 Å². The molecule has 1 fully saturated rings. The molecular weight excluding hydrogens is 360 g/mol. The minimum atomic E-state index is -0.357. The second-order valence-corrected chi connectivity index (χ2v) is 6.87. The number of hydrogen-bond donors (Lipinski definition) is 1. The number of anilines is 1.